The number of hydrogen-bond acceptors (Lipinski definition) is 3. The van der Waals surface area contributed by atoms with E-state index in [1.165, 1.54) is 0 Å². The van der Waals surface area contributed by atoms with Gasteiger partial charge in [0.2, 0.25) is 0 Å². The zero-order valence-electron chi connectivity index (χ0n) is 10.1. The fourth-order valence-corrected chi connectivity index (χ4v) is 1.67. The van der Waals surface area contributed by atoms with E-state index in [0.29, 0.717) is 11.7 Å². The number of aliphatic hydroxyl groups is 1. The summed E-state index contributed by atoms with van der Waals surface area (Å²) in [5.74, 6) is 0.835. The summed E-state index contributed by atoms with van der Waals surface area (Å²) in [4.78, 5) is 0. The Bertz CT molecular complexity index is 354. The Morgan fingerprint density at radius 1 is 1.41 bits per heavy atom. The number of rotatable bonds is 5. The first-order valence-electron chi connectivity index (χ1n) is 5.46. The van der Waals surface area contributed by atoms with Crippen molar-refractivity contribution in [1.29, 1.82) is 0 Å². The predicted octanol–water partition coefficient (Wildman–Crippen LogP) is 1.21. The van der Waals surface area contributed by atoms with Crippen molar-refractivity contribution in [2.24, 2.45) is 0 Å². The second-order valence-electron chi connectivity index (χ2n) is 3.62. The summed E-state index contributed by atoms with van der Waals surface area (Å²) >= 11 is 5.09. The van der Waals surface area contributed by atoms with E-state index >= 15 is 0 Å². The third-order valence-electron chi connectivity index (χ3n) is 2.36. The Hall–Kier alpha value is -1.33. The number of thiocarbonyl (C=S) groups is 1. The highest BCUT2D eigenvalue weighted by Crippen LogP contribution is 2.16. The zero-order chi connectivity index (χ0) is 12.7. The topological polar surface area (TPSA) is 53.5 Å². The number of benzene rings is 1. The predicted molar refractivity (Wildman–Crippen MR) is 72.2 cm³/mol. The monoisotopic (exact) mass is 254 g/mol. The normalized spacial score (nSPS) is 11.7. The third-order valence-corrected chi connectivity index (χ3v) is 2.62. The molecule has 0 spiro atoms. The Kier molecular flexibility index (Phi) is 5.72. The van der Waals surface area contributed by atoms with Gasteiger partial charge in [-0.1, -0.05) is 12.1 Å². The molecule has 1 atom stereocenters. The minimum atomic E-state index is 0.0682. The van der Waals surface area contributed by atoms with Crippen LogP contribution in [-0.2, 0) is 0 Å². The standard InChI is InChI=1S/C12H18N2O2S/c1-9(14-12(17)13-7-8-15)10-3-5-11(16-2)6-4-10/h3-6,9,15H,7-8H2,1-2H3,(H2,13,14,17). The largest absolute Gasteiger partial charge is 0.497 e. The average molecular weight is 254 g/mol. The van der Waals surface area contributed by atoms with Crippen LogP contribution in [-0.4, -0.2) is 30.5 Å². The fraction of sp³-hybridized carbons (Fsp3) is 0.417. The van der Waals surface area contributed by atoms with Gasteiger partial charge < -0.3 is 20.5 Å². The molecule has 0 saturated heterocycles. The highest BCUT2D eigenvalue weighted by Gasteiger charge is 2.06. The van der Waals surface area contributed by atoms with Gasteiger partial charge in [-0.25, -0.2) is 0 Å². The van der Waals surface area contributed by atoms with Crippen molar-refractivity contribution in [2.45, 2.75) is 13.0 Å². The fourth-order valence-electron chi connectivity index (χ4n) is 1.39. The van der Waals surface area contributed by atoms with E-state index in [4.69, 9.17) is 22.1 Å². The van der Waals surface area contributed by atoms with Crippen LogP contribution in [0.1, 0.15) is 18.5 Å². The lowest BCUT2D eigenvalue weighted by molar-refractivity contribution is 0.300. The maximum Gasteiger partial charge on any atom is 0.166 e. The highest BCUT2D eigenvalue weighted by molar-refractivity contribution is 7.80. The Balaban J connectivity index is 2.51. The molecule has 0 aliphatic heterocycles. The quantitative estimate of drug-likeness (QED) is 0.690. The molecule has 0 heterocycles. The second kappa shape index (κ2) is 7.09. The Morgan fingerprint density at radius 2 is 2.06 bits per heavy atom. The number of aliphatic hydroxyl groups excluding tert-OH is 1. The highest BCUT2D eigenvalue weighted by atomic mass is 32.1. The number of hydrogen-bond donors (Lipinski definition) is 3. The van der Waals surface area contributed by atoms with Crippen LogP contribution in [0.25, 0.3) is 0 Å². The SMILES string of the molecule is COc1ccc(C(C)NC(=S)NCCO)cc1. The van der Waals surface area contributed by atoms with Gasteiger partial charge in [-0.15, -0.1) is 0 Å². The van der Waals surface area contributed by atoms with Crippen molar-refractivity contribution in [3.05, 3.63) is 29.8 Å². The molecule has 0 radical (unpaired) electrons. The molecular weight excluding hydrogens is 236 g/mol. The van der Waals surface area contributed by atoms with Gasteiger partial charge in [0.1, 0.15) is 5.75 Å². The molecule has 0 aliphatic carbocycles. The average Bonchev–Trinajstić information content (AvgIpc) is 2.36. The van der Waals surface area contributed by atoms with Crippen molar-refractivity contribution < 1.29 is 9.84 Å². The van der Waals surface area contributed by atoms with Gasteiger partial charge in [-0.05, 0) is 36.8 Å². The molecule has 0 amide bonds. The van der Waals surface area contributed by atoms with E-state index in [1.807, 2.05) is 31.2 Å². The van der Waals surface area contributed by atoms with Gasteiger partial charge in [0.25, 0.3) is 0 Å². The van der Waals surface area contributed by atoms with Crippen LogP contribution in [0.4, 0.5) is 0 Å². The summed E-state index contributed by atoms with van der Waals surface area (Å²) < 4.78 is 5.10. The lowest BCUT2D eigenvalue weighted by Crippen LogP contribution is -2.38. The molecular formula is C12H18N2O2S. The van der Waals surface area contributed by atoms with E-state index < -0.39 is 0 Å². The second-order valence-corrected chi connectivity index (χ2v) is 4.03. The van der Waals surface area contributed by atoms with E-state index in [1.54, 1.807) is 7.11 Å². The van der Waals surface area contributed by atoms with Gasteiger partial charge in [-0.2, -0.15) is 0 Å². The first-order valence-corrected chi connectivity index (χ1v) is 5.87. The molecule has 5 heteroatoms. The van der Waals surface area contributed by atoms with E-state index in [-0.39, 0.29) is 12.6 Å². The van der Waals surface area contributed by atoms with E-state index in [2.05, 4.69) is 10.6 Å². The Labute approximate surface area is 107 Å². The smallest absolute Gasteiger partial charge is 0.166 e. The molecule has 0 bridgehead atoms. The third kappa shape index (κ3) is 4.58. The first-order chi connectivity index (χ1) is 8.17. The van der Waals surface area contributed by atoms with Crippen LogP contribution in [0.2, 0.25) is 0 Å². The van der Waals surface area contributed by atoms with Crippen LogP contribution in [0.3, 0.4) is 0 Å². The van der Waals surface area contributed by atoms with Crippen molar-refractivity contribution >= 4 is 17.3 Å². The van der Waals surface area contributed by atoms with Crippen molar-refractivity contribution in [3.63, 3.8) is 0 Å². The minimum absolute atomic E-state index is 0.0682. The number of ether oxygens (including phenoxy) is 1. The van der Waals surface area contributed by atoms with Crippen molar-refractivity contribution in [2.75, 3.05) is 20.3 Å². The van der Waals surface area contributed by atoms with Crippen molar-refractivity contribution in [1.82, 2.24) is 10.6 Å². The summed E-state index contributed by atoms with van der Waals surface area (Å²) in [5, 5.41) is 15.2. The molecule has 94 valence electrons. The van der Waals surface area contributed by atoms with Gasteiger partial charge in [0.15, 0.2) is 5.11 Å². The molecule has 0 saturated carbocycles. The van der Waals surface area contributed by atoms with Gasteiger partial charge in [0.05, 0.1) is 19.8 Å². The molecule has 17 heavy (non-hydrogen) atoms. The van der Waals surface area contributed by atoms with Crippen LogP contribution >= 0.6 is 12.2 Å². The van der Waals surface area contributed by atoms with Crippen LogP contribution in [0.15, 0.2) is 24.3 Å². The van der Waals surface area contributed by atoms with Crippen LogP contribution < -0.4 is 15.4 Å². The van der Waals surface area contributed by atoms with E-state index in [0.717, 1.165) is 11.3 Å². The Morgan fingerprint density at radius 3 is 2.59 bits per heavy atom. The number of nitrogens with one attached hydrogen (secondary N) is 2. The molecule has 0 aliphatic rings. The molecule has 0 fully saturated rings. The van der Waals surface area contributed by atoms with Gasteiger partial charge in [0, 0.05) is 6.54 Å². The maximum absolute atomic E-state index is 8.66. The summed E-state index contributed by atoms with van der Waals surface area (Å²) in [5.41, 5.74) is 1.12. The molecule has 1 aromatic carbocycles. The van der Waals surface area contributed by atoms with Gasteiger partial charge in [-0.3, -0.25) is 0 Å². The summed E-state index contributed by atoms with van der Waals surface area (Å²) in [6.07, 6.45) is 0. The summed E-state index contributed by atoms with van der Waals surface area (Å²) in [6, 6.07) is 7.92. The van der Waals surface area contributed by atoms with Crippen LogP contribution in [0, 0.1) is 0 Å². The van der Waals surface area contributed by atoms with Crippen LogP contribution in [0.5, 0.6) is 5.75 Å². The number of methoxy groups -OCH3 is 1. The molecule has 1 aromatic rings. The molecule has 1 unspecified atom stereocenters. The molecule has 0 aromatic heterocycles. The maximum atomic E-state index is 8.66. The summed E-state index contributed by atoms with van der Waals surface area (Å²) in [7, 11) is 1.64. The molecule has 4 nitrogen and oxygen atoms in total. The van der Waals surface area contributed by atoms with Gasteiger partial charge >= 0.3 is 0 Å². The van der Waals surface area contributed by atoms with Crippen molar-refractivity contribution in [3.8, 4) is 5.75 Å². The molecule has 1 rings (SSSR count). The lowest BCUT2D eigenvalue weighted by atomic mass is 10.1. The first kappa shape index (κ1) is 13.7. The minimum Gasteiger partial charge on any atom is -0.497 e. The van der Waals surface area contributed by atoms with E-state index in [9.17, 15) is 0 Å². The lowest BCUT2D eigenvalue weighted by Gasteiger charge is -2.17. The molecule has 3 N–H and O–H groups in total. The zero-order valence-corrected chi connectivity index (χ0v) is 10.9. The summed E-state index contributed by atoms with van der Waals surface area (Å²) in [6.45, 7) is 2.55.